The fourth-order valence-corrected chi connectivity index (χ4v) is 5.75. The first-order valence-corrected chi connectivity index (χ1v) is 14.7. The predicted octanol–water partition coefficient (Wildman–Crippen LogP) is -6.52. The van der Waals surface area contributed by atoms with Gasteiger partial charge >= 0.3 is 0 Å². The van der Waals surface area contributed by atoms with Gasteiger partial charge in [-0.2, -0.15) is 0 Å². The summed E-state index contributed by atoms with van der Waals surface area (Å²) in [5.41, 5.74) is 0. The van der Waals surface area contributed by atoms with Gasteiger partial charge in [-0.3, -0.25) is 4.79 Å². The first kappa shape index (κ1) is 36.6. The molecule has 19 heteroatoms. The van der Waals surface area contributed by atoms with Crippen LogP contribution in [0, 0.1) is 0 Å². The summed E-state index contributed by atoms with van der Waals surface area (Å²) in [6, 6.07) is -1.45. The number of aliphatic hydroxyl groups is 10. The third-order valence-electron chi connectivity index (χ3n) is 8.49. The molecule has 0 aromatic rings. The van der Waals surface area contributed by atoms with Crippen molar-refractivity contribution >= 4 is 5.91 Å². The number of aliphatic hydroxyl groups excluding tert-OH is 10. The average Bonchev–Trinajstić information content (AvgIpc) is 2.98. The van der Waals surface area contributed by atoms with Gasteiger partial charge in [0.2, 0.25) is 5.91 Å². The van der Waals surface area contributed by atoms with Gasteiger partial charge in [-0.25, -0.2) is 0 Å². The van der Waals surface area contributed by atoms with Gasteiger partial charge in [-0.1, -0.05) is 0 Å². The quantitative estimate of drug-likeness (QED) is 0.115. The maximum absolute atomic E-state index is 12.0. The molecule has 19 nitrogen and oxygen atoms in total. The summed E-state index contributed by atoms with van der Waals surface area (Å²) in [7, 11) is 0. The number of rotatable bonds is 8. The van der Waals surface area contributed by atoms with E-state index in [1.54, 1.807) is 0 Å². The molecule has 0 spiro atoms. The number of ether oxygens (including phenoxy) is 7. The second-order valence-electron chi connectivity index (χ2n) is 11.8. The van der Waals surface area contributed by atoms with E-state index in [2.05, 4.69) is 5.32 Å². The van der Waals surface area contributed by atoms with Crippen molar-refractivity contribution in [1.82, 2.24) is 5.32 Å². The molecule has 4 aliphatic heterocycles. The van der Waals surface area contributed by atoms with E-state index >= 15 is 0 Å². The van der Waals surface area contributed by atoms with Gasteiger partial charge < -0.3 is 89.5 Å². The number of carbonyl (C=O) groups is 1. The zero-order valence-corrected chi connectivity index (χ0v) is 25.0. The third-order valence-corrected chi connectivity index (χ3v) is 8.49. The molecule has 4 fully saturated rings. The lowest BCUT2D eigenvalue weighted by atomic mass is 9.95. The van der Waals surface area contributed by atoms with E-state index in [9.17, 15) is 55.9 Å². The third kappa shape index (κ3) is 7.60. The Kier molecular flexibility index (Phi) is 12.1. The topological polar surface area (TPSA) is 296 Å². The summed E-state index contributed by atoms with van der Waals surface area (Å²) in [4.78, 5) is 12.0. The lowest BCUT2D eigenvalue weighted by molar-refractivity contribution is -0.397. The summed E-state index contributed by atoms with van der Waals surface area (Å²) in [6.07, 6.45) is -29.8. The molecule has 4 rings (SSSR count). The van der Waals surface area contributed by atoms with E-state index < -0.39 is 135 Å². The Labute approximate surface area is 257 Å². The molecular weight excluding hydrogens is 614 g/mol. The standard InChI is InChI=1S/C26H45NO18/c1-6-12(30)17(35)18(36)25(40-6)45-22-21(44-24-11(27-9(4)29)16(34)15(33)10(5-28)42-24)14(32)8(3)41-26(22)43-20-13(31)7(2)39-23(38)19(20)37/h6-8,10-26,28,30-38H,5H2,1-4H3,(H,27,29)/t6-,7-,8-,10+,11+,12-,13-,14-,15+,16+,17+,18+,19+,20+,21+,22+,23-,24-,25-,26-/m0/s1. The monoisotopic (exact) mass is 659 g/mol. The van der Waals surface area contributed by atoms with Crippen molar-refractivity contribution in [2.75, 3.05) is 6.61 Å². The highest BCUT2D eigenvalue weighted by molar-refractivity contribution is 5.73. The van der Waals surface area contributed by atoms with Gasteiger partial charge in [0, 0.05) is 6.92 Å². The number of hydrogen-bond acceptors (Lipinski definition) is 18. The number of amides is 1. The molecule has 11 N–H and O–H groups in total. The Morgan fingerprint density at radius 3 is 1.73 bits per heavy atom. The van der Waals surface area contributed by atoms with Crippen LogP contribution >= 0.6 is 0 Å². The van der Waals surface area contributed by atoms with Gasteiger partial charge in [0.25, 0.3) is 0 Å². The second-order valence-corrected chi connectivity index (χ2v) is 11.8. The van der Waals surface area contributed by atoms with Crippen LogP contribution in [0.5, 0.6) is 0 Å². The van der Waals surface area contributed by atoms with Crippen LogP contribution in [-0.2, 0) is 38.0 Å². The molecule has 0 aromatic heterocycles. The molecule has 4 heterocycles. The van der Waals surface area contributed by atoms with Crippen LogP contribution < -0.4 is 5.32 Å². The molecule has 0 aromatic carbocycles. The SMILES string of the molecule is CC(=O)N[C@H]1[C@H](O[C@@H]2[C@@H](O)[C@H](C)O[C@@H](O[C@@H]3[C@@H](O)[C@H](C)O[C@H](O)[C@@H]3O)[C@@H]2O[C@@H]2O[C@@H](C)[C@H](O)[C@@H](O)[C@H]2O)O[C@H](CO)[C@@H](O)[C@@H]1O. The number of carbonyl (C=O) groups excluding carboxylic acids is 1. The molecular formula is C26H45NO18. The van der Waals surface area contributed by atoms with Crippen LogP contribution in [0.4, 0.5) is 0 Å². The van der Waals surface area contributed by atoms with Crippen molar-refractivity contribution < 1.29 is 89.0 Å². The Morgan fingerprint density at radius 2 is 1.11 bits per heavy atom. The molecule has 4 aliphatic rings. The van der Waals surface area contributed by atoms with Gasteiger partial charge in [0.15, 0.2) is 25.2 Å². The van der Waals surface area contributed by atoms with E-state index in [0.29, 0.717) is 0 Å². The summed E-state index contributed by atoms with van der Waals surface area (Å²) < 4.78 is 40.0. The van der Waals surface area contributed by atoms with Gasteiger partial charge in [-0.05, 0) is 20.8 Å². The lowest BCUT2D eigenvalue weighted by Crippen LogP contribution is -2.69. The minimum atomic E-state index is -1.86. The van der Waals surface area contributed by atoms with Gasteiger partial charge in [0.1, 0.15) is 79.3 Å². The van der Waals surface area contributed by atoms with Crippen LogP contribution in [0.25, 0.3) is 0 Å². The summed E-state index contributed by atoms with van der Waals surface area (Å²) in [5, 5.41) is 107. The van der Waals surface area contributed by atoms with Crippen LogP contribution in [0.3, 0.4) is 0 Å². The first-order chi connectivity index (χ1) is 21.1. The summed E-state index contributed by atoms with van der Waals surface area (Å²) >= 11 is 0. The van der Waals surface area contributed by atoms with Crippen LogP contribution in [0.15, 0.2) is 0 Å². The lowest BCUT2D eigenvalue weighted by Gasteiger charge is -2.50. The van der Waals surface area contributed by atoms with Crippen molar-refractivity contribution in [2.24, 2.45) is 0 Å². The molecule has 0 unspecified atom stereocenters. The number of hydrogen-bond donors (Lipinski definition) is 11. The molecule has 0 saturated carbocycles. The molecule has 262 valence electrons. The van der Waals surface area contributed by atoms with E-state index in [4.69, 9.17) is 33.2 Å². The Morgan fingerprint density at radius 1 is 0.578 bits per heavy atom. The predicted molar refractivity (Wildman–Crippen MR) is 141 cm³/mol. The molecule has 0 radical (unpaired) electrons. The smallest absolute Gasteiger partial charge is 0.217 e. The first-order valence-electron chi connectivity index (χ1n) is 14.7. The largest absolute Gasteiger partial charge is 0.394 e. The molecule has 45 heavy (non-hydrogen) atoms. The molecule has 0 aliphatic carbocycles. The van der Waals surface area contributed by atoms with Crippen molar-refractivity contribution in [3.05, 3.63) is 0 Å². The Hall–Kier alpha value is -1.21. The minimum Gasteiger partial charge on any atom is -0.394 e. The number of nitrogens with one attached hydrogen (secondary N) is 1. The normalized spacial score (nSPS) is 52.8. The van der Waals surface area contributed by atoms with Crippen molar-refractivity contribution in [1.29, 1.82) is 0 Å². The average molecular weight is 660 g/mol. The van der Waals surface area contributed by atoms with E-state index in [1.165, 1.54) is 20.8 Å². The fraction of sp³-hybridized carbons (Fsp3) is 0.962. The zero-order chi connectivity index (χ0) is 33.5. The molecule has 20 atom stereocenters. The van der Waals surface area contributed by atoms with E-state index in [1.807, 2.05) is 0 Å². The van der Waals surface area contributed by atoms with Crippen LogP contribution in [0.1, 0.15) is 27.7 Å². The van der Waals surface area contributed by atoms with Crippen LogP contribution in [0.2, 0.25) is 0 Å². The van der Waals surface area contributed by atoms with Gasteiger partial charge in [0.05, 0.1) is 24.9 Å². The highest BCUT2D eigenvalue weighted by Gasteiger charge is 2.55. The zero-order valence-electron chi connectivity index (χ0n) is 25.0. The van der Waals surface area contributed by atoms with Crippen molar-refractivity contribution in [2.45, 2.75) is 150 Å². The summed E-state index contributed by atoms with van der Waals surface area (Å²) in [6.45, 7) is 4.55. The van der Waals surface area contributed by atoms with Gasteiger partial charge in [-0.15, -0.1) is 0 Å². The van der Waals surface area contributed by atoms with E-state index in [0.717, 1.165) is 6.92 Å². The highest BCUT2D eigenvalue weighted by atomic mass is 16.8. The molecule has 0 bridgehead atoms. The second kappa shape index (κ2) is 14.9. The highest BCUT2D eigenvalue weighted by Crippen LogP contribution is 2.35. The van der Waals surface area contributed by atoms with Crippen molar-refractivity contribution in [3.8, 4) is 0 Å². The maximum atomic E-state index is 12.0. The molecule has 4 saturated heterocycles. The maximum Gasteiger partial charge on any atom is 0.217 e. The fourth-order valence-electron chi connectivity index (χ4n) is 5.75. The Balaban J connectivity index is 1.70. The minimum absolute atomic E-state index is 0.656. The van der Waals surface area contributed by atoms with E-state index in [-0.39, 0.29) is 0 Å². The van der Waals surface area contributed by atoms with Crippen molar-refractivity contribution in [3.63, 3.8) is 0 Å². The molecule has 1 amide bonds. The Bertz CT molecular complexity index is 966. The van der Waals surface area contributed by atoms with Crippen LogP contribution in [-0.4, -0.2) is 186 Å². The summed E-state index contributed by atoms with van der Waals surface area (Å²) in [5.74, 6) is -0.656.